The lowest BCUT2D eigenvalue weighted by Crippen LogP contribution is -2.21. The Kier molecular flexibility index (Phi) is 5.57. The average Bonchev–Trinajstić information content (AvgIpc) is 3.08. The summed E-state index contributed by atoms with van der Waals surface area (Å²) in [7, 11) is 0. The fourth-order valence-electron chi connectivity index (χ4n) is 2.06. The molecule has 1 N–H and O–H groups in total. The number of aromatic nitrogens is 3. The van der Waals surface area contributed by atoms with E-state index in [2.05, 4.69) is 31.3 Å². The van der Waals surface area contributed by atoms with E-state index in [4.69, 9.17) is 27.9 Å². The van der Waals surface area contributed by atoms with Crippen LogP contribution in [0, 0.1) is 0 Å². The van der Waals surface area contributed by atoms with Gasteiger partial charge < -0.3 is 10.1 Å². The van der Waals surface area contributed by atoms with E-state index >= 15 is 0 Å². The Balaban J connectivity index is 1.72. The zero-order valence-electron chi connectivity index (χ0n) is 12.6. The van der Waals surface area contributed by atoms with Gasteiger partial charge in [0.05, 0.1) is 16.4 Å². The van der Waals surface area contributed by atoms with Gasteiger partial charge in [0.25, 0.3) is 5.91 Å². The molecular weight excluding hydrogens is 431 g/mol. The minimum atomic E-state index is -0.359. The van der Waals surface area contributed by atoms with Crippen LogP contribution in [0.1, 0.15) is 0 Å². The van der Waals surface area contributed by atoms with Crippen LogP contribution < -0.4 is 10.1 Å². The van der Waals surface area contributed by atoms with Crippen LogP contribution in [0.15, 0.2) is 53.5 Å². The molecule has 3 aromatic rings. The smallest absolute Gasteiger partial charge is 0.262 e. The molecule has 6 nitrogen and oxygen atoms in total. The molecule has 0 spiro atoms. The molecule has 2 aromatic carbocycles. The maximum absolute atomic E-state index is 12.2. The molecule has 0 saturated heterocycles. The zero-order valence-corrected chi connectivity index (χ0v) is 15.7. The largest absolute Gasteiger partial charge is 0.482 e. The van der Waals surface area contributed by atoms with Crippen LogP contribution in [0.3, 0.4) is 0 Å². The Morgan fingerprint density at radius 1 is 1.24 bits per heavy atom. The Hall–Kier alpha value is -2.09. The molecule has 9 heteroatoms. The van der Waals surface area contributed by atoms with Gasteiger partial charge in [0.1, 0.15) is 18.4 Å². The van der Waals surface area contributed by atoms with Crippen molar-refractivity contribution in [3.63, 3.8) is 0 Å². The average molecular weight is 442 g/mol. The lowest BCUT2D eigenvalue weighted by atomic mass is 10.2. The molecule has 0 unspecified atom stereocenters. The molecule has 128 valence electrons. The highest BCUT2D eigenvalue weighted by molar-refractivity contribution is 9.10. The van der Waals surface area contributed by atoms with Crippen molar-refractivity contribution >= 4 is 50.7 Å². The fraction of sp³-hybridized carbons (Fsp3) is 0.0625. The van der Waals surface area contributed by atoms with Crippen LogP contribution in [-0.4, -0.2) is 27.3 Å². The third-order valence-electron chi connectivity index (χ3n) is 3.15. The third kappa shape index (κ3) is 4.50. The molecule has 0 atom stereocenters. The maximum atomic E-state index is 12.2. The van der Waals surface area contributed by atoms with Gasteiger partial charge in [-0.1, -0.05) is 39.1 Å². The van der Waals surface area contributed by atoms with Crippen LogP contribution in [0.2, 0.25) is 10.0 Å². The molecule has 3 rings (SSSR count). The molecule has 0 aliphatic rings. The van der Waals surface area contributed by atoms with Gasteiger partial charge >= 0.3 is 0 Å². The zero-order chi connectivity index (χ0) is 17.8. The first-order chi connectivity index (χ1) is 12.0. The molecule has 1 aromatic heterocycles. The molecule has 0 bridgehead atoms. The molecule has 0 radical (unpaired) electrons. The Labute approximate surface area is 161 Å². The lowest BCUT2D eigenvalue weighted by Gasteiger charge is -2.12. The van der Waals surface area contributed by atoms with Crippen LogP contribution in [0.25, 0.3) is 5.69 Å². The van der Waals surface area contributed by atoms with E-state index < -0.39 is 0 Å². The predicted octanol–water partition coefficient (Wildman–Crippen LogP) is 4.35. The highest BCUT2D eigenvalue weighted by Gasteiger charge is 2.11. The number of nitrogens with one attached hydrogen (secondary N) is 1. The second-order valence-electron chi connectivity index (χ2n) is 4.91. The minimum absolute atomic E-state index is 0.204. The van der Waals surface area contributed by atoms with Crippen LogP contribution >= 0.6 is 39.1 Å². The first kappa shape index (κ1) is 17.7. The van der Waals surface area contributed by atoms with E-state index in [1.807, 2.05) is 0 Å². The Morgan fingerprint density at radius 3 is 2.80 bits per heavy atom. The molecule has 25 heavy (non-hydrogen) atoms. The number of anilines is 1. The summed E-state index contributed by atoms with van der Waals surface area (Å²) in [5, 5.41) is 7.70. The summed E-state index contributed by atoms with van der Waals surface area (Å²) in [6.45, 7) is -0.204. The van der Waals surface area contributed by atoms with Gasteiger partial charge in [-0.15, -0.1) is 0 Å². The van der Waals surface area contributed by atoms with Gasteiger partial charge in [-0.2, -0.15) is 5.10 Å². The predicted molar refractivity (Wildman–Crippen MR) is 99.6 cm³/mol. The van der Waals surface area contributed by atoms with Crippen molar-refractivity contribution in [2.45, 2.75) is 0 Å². The van der Waals surface area contributed by atoms with E-state index in [9.17, 15) is 4.79 Å². The van der Waals surface area contributed by atoms with Crippen molar-refractivity contribution in [3.8, 4) is 11.4 Å². The van der Waals surface area contributed by atoms with Crippen molar-refractivity contribution in [3.05, 3.63) is 63.6 Å². The molecule has 1 amide bonds. The highest BCUT2D eigenvalue weighted by atomic mass is 79.9. The summed E-state index contributed by atoms with van der Waals surface area (Å²) < 4.78 is 7.80. The van der Waals surface area contributed by atoms with E-state index in [1.54, 1.807) is 36.4 Å². The first-order valence-corrected chi connectivity index (χ1v) is 8.60. The van der Waals surface area contributed by atoms with Gasteiger partial charge in [-0.25, -0.2) is 9.67 Å². The second-order valence-corrected chi connectivity index (χ2v) is 6.67. The number of ether oxygens (including phenoxy) is 1. The van der Waals surface area contributed by atoms with E-state index in [1.165, 1.54) is 17.3 Å². The molecular formula is C16H11BrCl2N4O2. The number of benzene rings is 2. The van der Waals surface area contributed by atoms with Gasteiger partial charge in [-0.3, -0.25) is 4.79 Å². The summed E-state index contributed by atoms with van der Waals surface area (Å²) in [4.78, 5) is 16.1. The summed E-state index contributed by atoms with van der Waals surface area (Å²) in [5.74, 6) is 0.0604. The van der Waals surface area contributed by atoms with E-state index in [0.717, 1.165) is 4.47 Å². The topological polar surface area (TPSA) is 69.0 Å². The molecule has 0 aliphatic heterocycles. The molecule has 0 aliphatic carbocycles. The third-order valence-corrected chi connectivity index (χ3v) is 4.17. The SMILES string of the molecule is O=C(COc1ccc(Br)cc1Cl)Nc1cc(Cl)ccc1-n1cncn1. The first-order valence-electron chi connectivity index (χ1n) is 7.05. The number of hydrogen-bond acceptors (Lipinski definition) is 4. The Morgan fingerprint density at radius 2 is 2.08 bits per heavy atom. The van der Waals surface area contributed by atoms with Crippen molar-refractivity contribution in [1.29, 1.82) is 0 Å². The summed E-state index contributed by atoms with van der Waals surface area (Å²) in [6, 6.07) is 10.2. The second kappa shape index (κ2) is 7.86. The highest BCUT2D eigenvalue weighted by Crippen LogP contribution is 2.28. The summed E-state index contributed by atoms with van der Waals surface area (Å²) in [6.07, 6.45) is 2.93. The number of carbonyl (C=O) groups is 1. The summed E-state index contributed by atoms with van der Waals surface area (Å²) >= 11 is 15.4. The molecule has 0 fully saturated rings. The Bertz CT molecular complexity index is 903. The van der Waals surface area contributed by atoms with Crippen molar-refractivity contribution in [2.75, 3.05) is 11.9 Å². The van der Waals surface area contributed by atoms with Gasteiger partial charge in [0, 0.05) is 9.50 Å². The standard InChI is InChI=1S/C16H11BrCl2N4O2/c17-10-1-4-15(12(19)5-10)25-7-16(24)22-13-6-11(18)2-3-14(13)23-9-20-8-21-23/h1-6,8-9H,7H2,(H,22,24). The van der Waals surface area contributed by atoms with E-state index in [-0.39, 0.29) is 12.5 Å². The quantitative estimate of drug-likeness (QED) is 0.638. The lowest BCUT2D eigenvalue weighted by molar-refractivity contribution is -0.118. The van der Waals surface area contributed by atoms with Crippen molar-refractivity contribution in [1.82, 2.24) is 14.8 Å². The monoisotopic (exact) mass is 440 g/mol. The number of halogens is 3. The normalized spacial score (nSPS) is 10.5. The number of hydrogen-bond donors (Lipinski definition) is 1. The van der Waals surface area contributed by atoms with E-state index in [0.29, 0.717) is 27.2 Å². The van der Waals surface area contributed by atoms with Crippen molar-refractivity contribution < 1.29 is 9.53 Å². The van der Waals surface area contributed by atoms with Gasteiger partial charge in [0.15, 0.2) is 6.61 Å². The van der Waals surface area contributed by atoms with Gasteiger partial charge in [0.2, 0.25) is 0 Å². The number of carbonyl (C=O) groups excluding carboxylic acids is 1. The number of nitrogens with zero attached hydrogens (tertiary/aromatic N) is 3. The van der Waals surface area contributed by atoms with Crippen molar-refractivity contribution in [2.24, 2.45) is 0 Å². The molecule has 0 saturated carbocycles. The minimum Gasteiger partial charge on any atom is -0.482 e. The number of amides is 1. The fourth-order valence-corrected chi connectivity index (χ4v) is 2.96. The summed E-state index contributed by atoms with van der Waals surface area (Å²) in [5.41, 5.74) is 1.13. The van der Waals surface area contributed by atoms with Gasteiger partial charge in [-0.05, 0) is 36.4 Å². The maximum Gasteiger partial charge on any atom is 0.262 e. The molecule has 1 heterocycles. The van der Waals surface area contributed by atoms with Crippen LogP contribution in [0.4, 0.5) is 5.69 Å². The number of rotatable bonds is 5. The van der Waals surface area contributed by atoms with Crippen LogP contribution in [-0.2, 0) is 4.79 Å². The van der Waals surface area contributed by atoms with Crippen LogP contribution in [0.5, 0.6) is 5.75 Å².